The van der Waals surface area contributed by atoms with Crippen LogP contribution < -0.4 is 0 Å². The van der Waals surface area contributed by atoms with E-state index in [4.69, 9.17) is 4.84 Å². The zero-order valence-corrected chi connectivity index (χ0v) is 20.8. The summed E-state index contributed by atoms with van der Waals surface area (Å²) in [6, 6.07) is 28.2. The summed E-state index contributed by atoms with van der Waals surface area (Å²) in [6.45, 7) is 1.40. The van der Waals surface area contributed by atoms with Gasteiger partial charge >= 0.3 is 6.09 Å². The van der Waals surface area contributed by atoms with Gasteiger partial charge in [0.15, 0.2) is 5.78 Å². The molecule has 1 amide bonds. The molecule has 182 valence electrons. The van der Waals surface area contributed by atoms with E-state index >= 15 is 0 Å². The van der Waals surface area contributed by atoms with Gasteiger partial charge in [-0.05, 0) is 54.1 Å². The molecule has 0 aliphatic rings. The van der Waals surface area contributed by atoms with E-state index in [0.717, 1.165) is 20.6 Å². The van der Waals surface area contributed by atoms with Crippen molar-refractivity contribution in [2.24, 2.45) is 5.16 Å². The summed E-state index contributed by atoms with van der Waals surface area (Å²) in [6.07, 6.45) is -0.641. The van der Waals surface area contributed by atoms with Gasteiger partial charge in [-0.15, -0.1) is 0 Å². The normalized spacial score (nSPS) is 11.4. The Morgan fingerprint density at radius 3 is 2.11 bits per heavy atom. The second kappa shape index (κ2) is 11.6. The lowest BCUT2D eigenvalue weighted by Gasteiger charge is -2.11. The Balaban J connectivity index is 1.44. The van der Waals surface area contributed by atoms with E-state index in [1.54, 1.807) is 26.1 Å². The van der Waals surface area contributed by atoms with E-state index in [9.17, 15) is 14.0 Å². The first kappa shape index (κ1) is 25.1. The maximum absolute atomic E-state index is 13.5. The molecule has 0 fully saturated rings. The minimum absolute atomic E-state index is 0.0171. The summed E-state index contributed by atoms with van der Waals surface area (Å²) in [7, 11) is 1.57. The molecule has 0 radical (unpaired) electrons. The van der Waals surface area contributed by atoms with Crippen molar-refractivity contribution in [2.75, 3.05) is 20.3 Å². The second-order valence-electron chi connectivity index (χ2n) is 8.05. The quantitative estimate of drug-likeness (QED) is 0.113. The smallest absolute Gasteiger partial charge is 0.310 e. The van der Waals surface area contributed by atoms with Gasteiger partial charge in [-0.3, -0.25) is 9.63 Å². The molecular weight excluding hydrogens is 475 g/mol. The van der Waals surface area contributed by atoms with Crippen LogP contribution in [0.5, 0.6) is 0 Å². The largest absolute Gasteiger partial charge is 0.435 e. The summed E-state index contributed by atoms with van der Waals surface area (Å²) in [5, 5.41) is 5.65. The van der Waals surface area contributed by atoms with Gasteiger partial charge in [-0.2, -0.15) is 0 Å². The number of halogens is 1. The van der Waals surface area contributed by atoms with Crippen LogP contribution >= 0.6 is 11.8 Å². The van der Waals surface area contributed by atoms with E-state index in [2.05, 4.69) is 5.16 Å². The van der Waals surface area contributed by atoms with Gasteiger partial charge in [0.25, 0.3) is 0 Å². The van der Waals surface area contributed by atoms with Crippen LogP contribution in [0.15, 0.2) is 106 Å². The number of ketones is 1. The third-order valence-corrected chi connectivity index (χ3v) is 6.74. The van der Waals surface area contributed by atoms with Crippen molar-refractivity contribution in [3.05, 3.63) is 108 Å². The summed E-state index contributed by atoms with van der Waals surface area (Å²) in [5.41, 5.74) is 1.88. The third kappa shape index (κ3) is 5.80. The average molecular weight is 501 g/mol. The van der Waals surface area contributed by atoms with Gasteiger partial charge in [-0.1, -0.05) is 71.5 Å². The predicted octanol–water partition coefficient (Wildman–Crippen LogP) is 6.98. The SMILES string of the molecule is CCN(C)C(=O)O/N=C(\CF)c1ccc(Sc2ccc(C(=O)c3cccc4ccccc34)cc2)cc1. The van der Waals surface area contributed by atoms with Crippen molar-refractivity contribution in [3.8, 4) is 0 Å². The number of hydrogen-bond acceptors (Lipinski definition) is 5. The number of oxime groups is 1. The van der Waals surface area contributed by atoms with Crippen LogP contribution in [0, 0.1) is 0 Å². The fraction of sp³-hybridized carbons (Fsp3) is 0.138. The van der Waals surface area contributed by atoms with Crippen molar-refractivity contribution in [1.29, 1.82) is 0 Å². The third-order valence-electron chi connectivity index (χ3n) is 5.72. The number of amides is 1. The van der Waals surface area contributed by atoms with Crippen LogP contribution in [-0.2, 0) is 4.84 Å². The lowest BCUT2D eigenvalue weighted by molar-refractivity contribution is 0.103. The Labute approximate surface area is 213 Å². The minimum atomic E-state index is -0.859. The van der Waals surface area contributed by atoms with E-state index in [0.29, 0.717) is 23.2 Å². The molecule has 0 heterocycles. The molecule has 0 saturated carbocycles. The Morgan fingerprint density at radius 2 is 1.47 bits per heavy atom. The number of fused-ring (bicyclic) bond motifs is 1. The Hall–Kier alpha value is -3.97. The minimum Gasteiger partial charge on any atom is -0.310 e. The van der Waals surface area contributed by atoms with Gasteiger partial charge < -0.3 is 4.90 Å². The highest BCUT2D eigenvalue weighted by atomic mass is 32.2. The van der Waals surface area contributed by atoms with E-state index in [-0.39, 0.29) is 11.5 Å². The fourth-order valence-corrected chi connectivity index (χ4v) is 4.37. The van der Waals surface area contributed by atoms with Crippen molar-refractivity contribution >= 4 is 40.1 Å². The highest BCUT2D eigenvalue weighted by Crippen LogP contribution is 2.29. The molecule has 4 aromatic carbocycles. The lowest BCUT2D eigenvalue weighted by Crippen LogP contribution is -2.26. The molecule has 0 spiro atoms. The number of rotatable bonds is 8. The maximum Gasteiger partial charge on any atom is 0.435 e. The Morgan fingerprint density at radius 1 is 0.861 bits per heavy atom. The van der Waals surface area contributed by atoms with Crippen LogP contribution in [0.2, 0.25) is 0 Å². The highest BCUT2D eigenvalue weighted by molar-refractivity contribution is 7.99. The van der Waals surface area contributed by atoms with Gasteiger partial charge in [0.05, 0.1) is 0 Å². The average Bonchev–Trinajstić information content (AvgIpc) is 2.93. The monoisotopic (exact) mass is 500 g/mol. The second-order valence-corrected chi connectivity index (χ2v) is 9.20. The predicted molar refractivity (Wildman–Crippen MR) is 142 cm³/mol. The van der Waals surface area contributed by atoms with Crippen LogP contribution in [0.25, 0.3) is 10.8 Å². The molecule has 0 N–H and O–H groups in total. The number of carbonyl (C=O) groups excluding carboxylic acids is 2. The number of nitrogens with zero attached hydrogens (tertiary/aromatic N) is 2. The molecule has 0 atom stereocenters. The topological polar surface area (TPSA) is 59.0 Å². The van der Waals surface area contributed by atoms with E-state index in [1.165, 1.54) is 16.7 Å². The molecule has 0 aliphatic heterocycles. The van der Waals surface area contributed by atoms with Crippen LogP contribution in [-0.4, -0.2) is 42.8 Å². The summed E-state index contributed by atoms with van der Waals surface area (Å²) in [4.78, 5) is 32.9. The molecule has 0 saturated heterocycles. The Kier molecular flexibility index (Phi) is 8.13. The standard InChI is InChI=1S/C29H25FN2O3S/c1-3-32(2)29(34)35-31-27(19-30)21-11-15-23(16-12-21)36-24-17-13-22(14-18-24)28(33)26-10-6-8-20-7-4-5-9-25(20)26/h4-18H,3,19H2,1-2H3/b31-27+. The first-order valence-corrected chi connectivity index (χ1v) is 12.3. The molecule has 0 aliphatic carbocycles. The van der Waals surface area contributed by atoms with Gasteiger partial charge in [0.1, 0.15) is 12.4 Å². The molecule has 7 heteroatoms. The van der Waals surface area contributed by atoms with E-state index < -0.39 is 12.8 Å². The first-order valence-electron chi connectivity index (χ1n) is 11.5. The molecule has 0 aromatic heterocycles. The van der Waals surface area contributed by atoms with Gasteiger partial charge in [0, 0.05) is 40.1 Å². The summed E-state index contributed by atoms with van der Waals surface area (Å²) in [5.74, 6) is -0.0171. The highest BCUT2D eigenvalue weighted by Gasteiger charge is 2.13. The van der Waals surface area contributed by atoms with Gasteiger partial charge in [-0.25, -0.2) is 9.18 Å². The maximum atomic E-state index is 13.5. The number of benzene rings is 4. The molecule has 0 bridgehead atoms. The van der Waals surface area contributed by atoms with Crippen LogP contribution in [0.4, 0.5) is 9.18 Å². The van der Waals surface area contributed by atoms with Crippen molar-refractivity contribution in [1.82, 2.24) is 4.90 Å². The molecule has 4 aromatic rings. The molecule has 0 unspecified atom stereocenters. The number of carbonyl (C=O) groups is 2. The zero-order chi connectivity index (χ0) is 25.5. The first-order chi connectivity index (χ1) is 17.5. The molecule has 5 nitrogen and oxygen atoms in total. The van der Waals surface area contributed by atoms with E-state index in [1.807, 2.05) is 78.9 Å². The molecule has 4 rings (SSSR count). The zero-order valence-electron chi connectivity index (χ0n) is 20.0. The van der Waals surface area contributed by atoms with Crippen molar-refractivity contribution < 1.29 is 18.8 Å². The number of alkyl halides is 1. The van der Waals surface area contributed by atoms with Gasteiger partial charge in [0.2, 0.25) is 0 Å². The lowest BCUT2D eigenvalue weighted by atomic mass is 9.97. The molecule has 36 heavy (non-hydrogen) atoms. The van der Waals surface area contributed by atoms with Crippen molar-refractivity contribution in [3.63, 3.8) is 0 Å². The molecular formula is C29H25FN2O3S. The fourth-order valence-electron chi connectivity index (χ4n) is 3.55. The summed E-state index contributed by atoms with van der Waals surface area (Å²) < 4.78 is 13.5. The number of hydrogen-bond donors (Lipinski definition) is 0. The van der Waals surface area contributed by atoms with Crippen LogP contribution in [0.1, 0.15) is 28.4 Å². The van der Waals surface area contributed by atoms with Crippen molar-refractivity contribution in [2.45, 2.75) is 16.7 Å². The summed E-state index contributed by atoms with van der Waals surface area (Å²) >= 11 is 1.52. The Bertz CT molecular complexity index is 1400. The van der Waals surface area contributed by atoms with Crippen LogP contribution in [0.3, 0.4) is 0 Å².